The summed E-state index contributed by atoms with van der Waals surface area (Å²) in [5.41, 5.74) is 0. The normalized spacial score (nSPS) is 13.1. The maximum atomic E-state index is 12.6. The molecule has 20 heavy (non-hydrogen) atoms. The Balaban J connectivity index is 2.30. The zero-order chi connectivity index (χ0) is 14.6. The molecule has 1 amide bonds. The minimum atomic E-state index is -3.57. The summed E-state index contributed by atoms with van der Waals surface area (Å²) in [4.78, 5) is 11.4. The minimum Gasteiger partial charge on any atom is -0.468 e. The van der Waals surface area contributed by atoms with Gasteiger partial charge >= 0.3 is 0 Å². The molecule has 0 aliphatic heterocycles. The highest BCUT2D eigenvalue weighted by molar-refractivity contribution is 7.93. The van der Waals surface area contributed by atoms with E-state index in [9.17, 15) is 13.2 Å². The van der Waals surface area contributed by atoms with Crippen molar-refractivity contribution in [3.05, 3.63) is 41.7 Å². The van der Waals surface area contributed by atoms with Crippen LogP contribution in [0.1, 0.15) is 24.4 Å². The van der Waals surface area contributed by atoms with Gasteiger partial charge in [-0.15, -0.1) is 11.3 Å². The quantitative estimate of drug-likeness (QED) is 0.888. The van der Waals surface area contributed by atoms with Crippen LogP contribution in [0.3, 0.4) is 0 Å². The Morgan fingerprint density at radius 1 is 1.40 bits per heavy atom. The molecule has 0 spiro atoms. The minimum absolute atomic E-state index is 0.000417. The second-order valence-corrected chi connectivity index (χ2v) is 7.44. The molecule has 0 unspecified atom stereocenters. The van der Waals surface area contributed by atoms with Gasteiger partial charge in [-0.1, -0.05) is 13.0 Å². The van der Waals surface area contributed by atoms with Crippen LogP contribution in [0, 0.1) is 0 Å². The zero-order valence-electron chi connectivity index (χ0n) is 10.9. The van der Waals surface area contributed by atoms with Crippen molar-refractivity contribution in [2.75, 3.05) is 6.54 Å². The molecular weight excluding hydrogens is 298 g/mol. The van der Waals surface area contributed by atoms with Crippen LogP contribution in [0.25, 0.3) is 0 Å². The first kappa shape index (κ1) is 14.8. The second-order valence-electron chi connectivity index (χ2n) is 4.14. The van der Waals surface area contributed by atoms with E-state index in [1.165, 1.54) is 6.26 Å². The molecule has 2 rings (SSSR count). The number of thiophene rings is 1. The molecule has 108 valence electrons. The summed E-state index contributed by atoms with van der Waals surface area (Å²) < 4.78 is 30.7. The lowest BCUT2D eigenvalue weighted by Crippen LogP contribution is -2.31. The Hall–Kier alpha value is -1.60. The molecular formula is C13H15NO4S2. The Morgan fingerprint density at radius 3 is 2.75 bits per heavy atom. The SMILES string of the molecule is CCC(=O)NC[C@H](c1ccco1)S(=O)(=O)c1cccs1. The van der Waals surface area contributed by atoms with Gasteiger partial charge in [0.1, 0.15) is 15.2 Å². The number of hydrogen-bond acceptors (Lipinski definition) is 5. The monoisotopic (exact) mass is 313 g/mol. The van der Waals surface area contributed by atoms with Gasteiger partial charge in [-0.05, 0) is 23.6 Å². The van der Waals surface area contributed by atoms with Gasteiger partial charge in [0.05, 0.1) is 6.26 Å². The van der Waals surface area contributed by atoms with E-state index in [4.69, 9.17) is 4.42 Å². The van der Waals surface area contributed by atoms with E-state index in [0.29, 0.717) is 12.2 Å². The highest BCUT2D eigenvalue weighted by Gasteiger charge is 2.32. The van der Waals surface area contributed by atoms with Gasteiger partial charge in [0, 0.05) is 13.0 Å². The number of nitrogens with one attached hydrogen (secondary N) is 1. The van der Waals surface area contributed by atoms with Gasteiger partial charge in [-0.2, -0.15) is 0 Å². The van der Waals surface area contributed by atoms with E-state index in [2.05, 4.69) is 5.32 Å². The lowest BCUT2D eigenvalue weighted by Gasteiger charge is -2.15. The summed E-state index contributed by atoms with van der Waals surface area (Å²) in [5, 5.41) is 3.41. The van der Waals surface area contributed by atoms with Crippen LogP contribution in [0.4, 0.5) is 0 Å². The van der Waals surface area contributed by atoms with Crippen LogP contribution in [0.2, 0.25) is 0 Å². The van der Waals surface area contributed by atoms with Crippen molar-refractivity contribution in [2.45, 2.75) is 22.8 Å². The van der Waals surface area contributed by atoms with Crippen LogP contribution in [0.15, 0.2) is 44.5 Å². The van der Waals surface area contributed by atoms with E-state index in [-0.39, 0.29) is 16.7 Å². The fraction of sp³-hybridized carbons (Fsp3) is 0.308. The van der Waals surface area contributed by atoms with Crippen molar-refractivity contribution in [3.63, 3.8) is 0 Å². The molecule has 0 aliphatic rings. The van der Waals surface area contributed by atoms with Crippen LogP contribution in [-0.2, 0) is 14.6 Å². The molecule has 0 aromatic carbocycles. The molecule has 0 radical (unpaired) electrons. The average molecular weight is 313 g/mol. The average Bonchev–Trinajstić information content (AvgIpc) is 3.11. The van der Waals surface area contributed by atoms with Crippen LogP contribution < -0.4 is 5.32 Å². The number of amides is 1. The van der Waals surface area contributed by atoms with Crippen LogP contribution in [-0.4, -0.2) is 20.9 Å². The van der Waals surface area contributed by atoms with E-state index in [1.54, 1.807) is 36.6 Å². The van der Waals surface area contributed by atoms with Crippen molar-refractivity contribution in [1.82, 2.24) is 5.32 Å². The zero-order valence-corrected chi connectivity index (χ0v) is 12.5. The molecule has 0 saturated carbocycles. The molecule has 0 fully saturated rings. The van der Waals surface area contributed by atoms with Gasteiger partial charge in [0.2, 0.25) is 5.91 Å². The summed E-state index contributed by atoms with van der Waals surface area (Å²) in [6.45, 7) is 1.71. The first-order valence-electron chi connectivity index (χ1n) is 6.13. The second kappa shape index (κ2) is 6.23. The number of hydrogen-bond donors (Lipinski definition) is 1. The van der Waals surface area contributed by atoms with Crippen LogP contribution >= 0.6 is 11.3 Å². The van der Waals surface area contributed by atoms with Gasteiger partial charge < -0.3 is 9.73 Å². The standard InChI is InChI=1S/C13H15NO4S2/c1-2-12(15)14-9-11(10-5-3-7-18-10)20(16,17)13-6-4-8-19-13/h3-8,11H,2,9H2,1H3,(H,14,15)/t11-/m1/s1. The third-order valence-corrected chi connectivity index (χ3v) is 6.31. The first-order chi connectivity index (χ1) is 9.55. The molecule has 2 aromatic heterocycles. The molecule has 1 N–H and O–H groups in total. The maximum absolute atomic E-state index is 12.6. The third kappa shape index (κ3) is 3.10. The van der Waals surface area contributed by atoms with Gasteiger partial charge in [-0.3, -0.25) is 4.79 Å². The predicted molar refractivity (Wildman–Crippen MR) is 76.3 cm³/mol. The maximum Gasteiger partial charge on any atom is 0.219 e. The number of sulfone groups is 1. The Kier molecular flexibility index (Phi) is 4.61. The molecule has 2 heterocycles. The van der Waals surface area contributed by atoms with E-state index in [0.717, 1.165) is 11.3 Å². The summed E-state index contributed by atoms with van der Waals surface area (Å²) in [7, 11) is -3.57. The molecule has 5 nitrogen and oxygen atoms in total. The van der Waals surface area contributed by atoms with E-state index >= 15 is 0 Å². The molecule has 1 atom stereocenters. The highest BCUT2D eigenvalue weighted by atomic mass is 32.2. The van der Waals surface area contributed by atoms with E-state index in [1.807, 2.05) is 0 Å². The highest BCUT2D eigenvalue weighted by Crippen LogP contribution is 2.31. The summed E-state index contributed by atoms with van der Waals surface area (Å²) >= 11 is 1.15. The summed E-state index contributed by atoms with van der Waals surface area (Å²) in [6, 6.07) is 6.47. The summed E-state index contributed by atoms with van der Waals surface area (Å²) in [5.74, 6) is 0.137. The molecule has 2 aromatic rings. The smallest absolute Gasteiger partial charge is 0.219 e. The Bertz CT molecular complexity index is 645. The number of carbonyl (C=O) groups excluding carboxylic acids is 1. The molecule has 0 bridgehead atoms. The topological polar surface area (TPSA) is 76.4 Å². The predicted octanol–water partition coefficient (Wildman–Crippen LogP) is 2.38. The van der Waals surface area contributed by atoms with Crippen molar-refractivity contribution in [3.8, 4) is 0 Å². The number of furan rings is 1. The van der Waals surface area contributed by atoms with E-state index < -0.39 is 15.1 Å². The first-order valence-corrected chi connectivity index (χ1v) is 8.55. The summed E-state index contributed by atoms with van der Waals surface area (Å²) in [6.07, 6.45) is 1.73. The fourth-order valence-corrected chi connectivity index (χ4v) is 4.53. The van der Waals surface area contributed by atoms with Crippen molar-refractivity contribution >= 4 is 27.1 Å². The van der Waals surface area contributed by atoms with Gasteiger partial charge in [0.15, 0.2) is 9.84 Å². The number of carbonyl (C=O) groups is 1. The largest absolute Gasteiger partial charge is 0.468 e. The van der Waals surface area contributed by atoms with Gasteiger partial charge in [-0.25, -0.2) is 8.42 Å². The third-order valence-electron chi connectivity index (χ3n) is 2.82. The fourth-order valence-electron chi connectivity index (χ4n) is 1.73. The van der Waals surface area contributed by atoms with Crippen molar-refractivity contribution in [2.24, 2.45) is 0 Å². The Morgan fingerprint density at radius 2 is 2.20 bits per heavy atom. The van der Waals surface area contributed by atoms with Crippen LogP contribution in [0.5, 0.6) is 0 Å². The van der Waals surface area contributed by atoms with Gasteiger partial charge in [0.25, 0.3) is 0 Å². The van der Waals surface area contributed by atoms with Crippen molar-refractivity contribution < 1.29 is 17.6 Å². The van der Waals surface area contributed by atoms with Crippen molar-refractivity contribution in [1.29, 1.82) is 0 Å². The lowest BCUT2D eigenvalue weighted by atomic mass is 10.3. The Labute approximate surface area is 121 Å². The number of rotatable bonds is 6. The molecule has 0 aliphatic carbocycles. The molecule has 0 saturated heterocycles. The lowest BCUT2D eigenvalue weighted by molar-refractivity contribution is -0.120. The molecule has 7 heteroatoms.